The van der Waals surface area contributed by atoms with Gasteiger partial charge < -0.3 is 14.0 Å². The second-order valence-electron chi connectivity index (χ2n) is 11.0. The van der Waals surface area contributed by atoms with Crippen molar-refractivity contribution in [3.8, 4) is 5.75 Å². The maximum atomic E-state index is 14.2. The molecule has 1 aliphatic heterocycles. The SMILES string of the molecule is CCOc1ccc([C@H]2C(C(=O)OC(C)C)=C(C)N=c3s/c(=C/c4cn(Cc5ccc(Cl)c(Cl)c5)c5ccccc45)c(=O)n32)cc1. The largest absolute Gasteiger partial charge is 0.494 e. The number of carbonyl (C=O) groups is 1. The van der Waals surface area contributed by atoms with Crippen molar-refractivity contribution >= 4 is 57.5 Å². The summed E-state index contributed by atoms with van der Waals surface area (Å²) in [6.45, 7) is 8.41. The fraction of sp³-hybridized carbons (Fsp3) is 0.229. The summed E-state index contributed by atoms with van der Waals surface area (Å²) in [6.07, 6.45) is 3.61. The first-order valence-corrected chi connectivity index (χ1v) is 16.2. The zero-order chi connectivity index (χ0) is 31.8. The second-order valence-corrected chi connectivity index (χ2v) is 12.8. The highest BCUT2D eigenvalue weighted by Crippen LogP contribution is 2.32. The molecule has 2 aromatic heterocycles. The van der Waals surface area contributed by atoms with E-state index < -0.39 is 12.0 Å². The molecule has 45 heavy (non-hydrogen) atoms. The number of nitrogens with zero attached hydrogens (tertiary/aromatic N) is 3. The number of benzene rings is 3. The first-order valence-electron chi connectivity index (χ1n) is 14.6. The number of fused-ring (bicyclic) bond motifs is 2. The number of allylic oxidation sites excluding steroid dienone is 1. The summed E-state index contributed by atoms with van der Waals surface area (Å²) < 4.78 is 15.5. The van der Waals surface area contributed by atoms with Gasteiger partial charge in [-0.05, 0) is 75.2 Å². The Labute approximate surface area is 274 Å². The third-order valence-electron chi connectivity index (χ3n) is 7.53. The molecule has 0 N–H and O–H groups in total. The summed E-state index contributed by atoms with van der Waals surface area (Å²) in [5.41, 5.74) is 4.29. The molecule has 5 aromatic rings. The van der Waals surface area contributed by atoms with Crippen molar-refractivity contribution in [1.29, 1.82) is 0 Å². The quantitative estimate of drug-likeness (QED) is 0.170. The Morgan fingerprint density at radius 1 is 1.07 bits per heavy atom. The lowest BCUT2D eigenvalue weighted by Gasteiger charge is -2.25. The van der Waals surface area contributed by atoms with Crippen LogP contribution in [-0.4, -0.2) is 27.8 Å². The monoisotopic (exact) mass is 659 g/mol. The van der Waals surface area contributed by atoms with Crippen LogP contribution in [0.15, 0.2) is 94.0 Å². The number of ether oxygens (including phenoxy) is 2. The summed E-state index contributed by atoms with van der Waals surface area (Å²) in [7, 11) is 0. The molecule has 0 radical (unpaired) electrons. The van der Waals surface area contributed by atoms with Gasteiger partial charge >= 0.3 is 5.97 Å². The molecule has 3 heterocycles. The number of para-hydroxylation sites is 1. The number of halogens is 2. The molecule has 0 bridgehead atoms. The van der Waals surface area contributed by atoms with Crippen LogP contribution in [0.1, 0.15) is 50.4 Å². The summed E-state index contributed by atoms with van der Waals surface area (Å²) in [5, 5.41) is 2.01. The van der Waals surface area contributed by atoms with Crippen LogP contribution in [0, 0.1) is 0 Å². The summed E-state index contributed by atoms with van der Waals surface area (Å²) >= 11 is 13.7. The van der Waals surface area contributed by atoms with Gasteiger partial charge in [0, 0.05) is 29.2 Å². The van der Waals surface area contributed by atoms with Crippen LogP contribution in [-0.2, 0) is 16.1 Å². The third-order valence-corrected chi connectivity index (χ3v) is 9.26. The van der Waals surface area contributed by atoms with Gasteiger partial charge in [0.15, 0.2) is 4.80 Å². The molecule has 0 unspecified atom stereocenters. The van der Waals surface area contributed by atoms with Crippen molar-refractivity contribution in [3.63, 3.8) is 0 Å². The first kappa shape index (κ1) is 30.9. The van der Waals surface area contributed by atoms with Crippen LogP contribution in [0.2, 0.25) is 10.0 Å². The van der Waals surface area contributed by atoms with E-state index in [-0.39, 0.29) is 11.7 Å². The predicted molar refractivity (Wildman–Crippen MR) is 180 cm³/mol. The average Bonchev–Trinajstić information content (AvgIpc) is 3.50. The van der Waals surface area contributed by atoms with Gasteiger partial charge in [-0.25, -0.2) is 9.79 Å². The highest BCUT2D eigenvalue weighted by Gasteiger charge is 2.34. The minimum absolute atomic E-state index is 0.235. The van der Waals surface area contributed by atoms with E-state index in [0.29, 0.717) is 49.6 Å². The number of thiazole rings is 1. The van der Waals surface area contributed by atoms with Gasteiger partial charge in [0.05, 0.1) is 44.6 Å². The smallest absolute Gasteiger partial charge is 0.338 e. The van der Waals surface area contributed by atoms with Crippen LogP contribution < -0.4 is 19.6 Å². The minimum Gasteiger partial charge on any atom is -0.494 e. The number of esters is 1. The molecule has 0 saturated heterocycles. The van der Waals surface area contributed by atoms with Crippen molar-refractivity contribution in [2.75, 3.05) is 6.61 Å². The molecule has 6 rings (SSSR count). The van der Waals surface area contributed by atoms with Gasteiger partial charge in [0.2, 0.25) is 0 Å². The van der Waals surface area contributed by atoms with Gasteiger partial charge in [-0.3, -0.25) is 9.36 Å². The van der Waals surface area contributed by atoms with Crippen LogP contribution in [0.5, 0.6) is 5.75 Å². The van der Waals surface area contributed by atoms with E-state index >= 15 is 0 Å². The minimum atomic E-state index is -0.707. The average molecular weight is 661 g/mol. The molecule has 3 aromatic carbocycles. The number of hydrogen-bond acceptors (Lipinski definition) is 6. The molecule has 1 aliphatic rings. The molecule has 0 amide bonds. The Bertz CT molecular complexity index is 2140. The fourth-order valence-electron chi connectivity index (χ4n) is 5.59. The van der Waals surface area contributed by atoms with E-state index in [1.54, 1.807) is 31.4 Å². The van der Waals surface area contributed by atoms with Crippen LogP contribution in [0.25, 0.3) is 17.0 Å². The van der Waals surface area contributed by atoms with Crippen molar-refractivity contribution < 1.29 is 14.3 Å². The van der Waals surface area contributed by atoms with E-state index in [0.717, 1.165) is 27.6 Å². The molecular weight excluding hydrogens is 629 g/mol. The van der Waals surface area contributed by atoms with Crippen LogP contribution >= 0.6 is 34.5 Å². The predicted octanol–water partition coefficient (Wildman–Crippen LogP) is 6.90. The van der Waals surface area contributed by atoms with Crippen LogP contribution in [0.4, 0.5) is 0 Å². The van der Waals surface area contributed by atoms with Gasteiger partial charge in [-0.1, -0.05) is 70.9 Å². The van der Waals surface area contributed by atoms with E-state index in [1.807, 2.05) is 79.9 Å². The van der Waals surface area contributed by atoms with Crippen LogP contribution in [0.3, 0.4) is 0 Å². The molecular formula is C35H31Cl2N3O4S. The Hall–Kier alpha value is -4.11. The first-order chi connectivity index (χ1) is 21.6. The Morgan fingerprint density at radius 2 is 1.82 bits per heavy atom. The van der Waals surface area contributed by atoms with Gasteiger partial charge in [-0.2, -0.15) is 0 Å². The topological polar surface area (TPSA) is 74.8 Å². The number of carbonyl (C=O) groups excluding carboxylic acids is 1. The zero-order valence-corrected chi connectivity index (χ0v) is 27.5. The zero-order valence-electron chi connectivity index (χ0n) is 25.2. The fourth-order valence-corrected chi connectivity index (χ4v) is 6.94. The second kappa shape index (κ2) is 12.7. The lowest BCUT2D eigenvalue weighted by molar-refractivity contribution is -0.143. The van der Waals surface area contributed by atoms with Gasteiger partial charge in [0.1, 0.15) is 5.75 Å². The molecule has 1 atom stereocenters. The van der Waals surface area contributed by atoms with Gasteiger partial charge in [-0.15, -0.1) is 0 Å². The van der Waals surface area contributed by atoms with Crippen molar-refractivity contribution in [1.82, 2.24) is 9.13 Å². The highest BCUT2D eigenvalue weighted by atomic mass is 35.5. The number of rotatable bonds is 8. The number of hydrogen-bond donors (Lipinski definition) is 0. The van der Waals surface area contributed by atoms with E-state index in [4.69, 9.17) is 37.7 Å². The molecule has 0 saturated carbocycles. The Balaban J connectivity index is 1.49. The van der Waals surface area contributed by atoms with E-state index in [9.17, 15) is 9.59 Å². The molecule has 0 fully saturated rings. The lowest BCUT2D eigenvalue weighted by Crippen LogP contribution is -2.40. The standard InChI is InChI=1S/C35H31Cl2N3O4S/c1-5-43-25-13-11-23(12-14-25)32-31(34(42)44-20(2)3)21(4)38-35-40(32)33(41)30(45-35)17-24-19-39(29-9-7-6-8-26(24)29)18-22-10-15-27(36)28(37)16-22/h6-17,19-20,32H,5,18H2,1-4H3/b30-17+/t32-/m0/s1. The highest BCUT2D eigenvalue weighted by molar-refractivity contribution is 7.07. The lowest BCUT2D eigenvalue weighted by atomic mass is 9.96. The summed E-state index contributed by atoms with van der Waals surface area (Å²) in [4.78, 5) is 32.9. The summed E-state index contributed by atoms with van der Waals surface area (Å²) in [6, 6.07) is 20.4. The molecule has 230 valence electrons. The molecule has 10 heteroatoms. The normalized spacial score (nSPS) is 15.0. The molecule has 7 nitrogen and oxygen atoms in total. The Kier molecular flexibility index (Phi) is 8.73. The van der Waals surface area contributed by atoms with Crippen molar-refractivity contribution in [3.05, 3.63) is 131 Å². The maximum absolute atomic E-state index is 14.2. The van der Waals surface area contributed by atoms with E-state index in [1.165, 1.54) is 11.3 Å². The van der Waals surface area contributed by atoms with Gasteiger partial charge in [0.25, 0.3) is 5.56 Å². The van der Waals surface area contributed by atoms with E-state index in [2.05, 4.69) is 4.57 Å². The molecule has 0 spiro atoms. The summed E-state index contributed by atoms with van der Waals surface area (Å²) in [5.74, 6) is 0.211. The molecule has 0 aliphatic carbocycles. The number of aromatic nitrogens is 2. The maximum Gasteiger partial charge on any atom is 0.338 e. The Morgan fingerprint density at radius 3 is 2.53 bits per heavy atom. The third kappa shape index (κ3) is 6.10. The van der Waals surface area contributed by atoms with Crippen molar-refractivity contribution in [2.24, 2.45) is 4.99 Å². The van der Waals surface area contributed by atoms with Crippen molar-refractivity contribution in [2.45, 2.75) is 46.4 Å².